The van der Waals surface area contributed by atoms with Gasteiger partial charge >= 0.3 is 0 Å². The lowest BCUT2D eigenvalue weighted by atomic mass is 9.82. The number of benzene rings is 1. The predicted molar refractivity (Wildman–Crippen MR) is 85.7 cm³/mol. The lowest BCUT2D eigenvalue weighted by Crippen LogP contribution is -2.40. The number of halogens is 2. The number of aliphatic hydroxyl groups is 1. The minimum atomic E-state index is -0.189. The van der Waals surface area contributed by atoms with Gasteiger partial charge in [0.25, 0.3) is 0 Å². The summed E-state index contributed by atoms with van der Waals surface area (Å²) in [5.41, 5.74) is 6.44. The van der Waals surface area contributed by atoms with Crippen LogP contribution in [0.15, 0.2) is 12.1 Å². The van der Waals surface area contributed by atoms with E-state index in [1.165, 1.54) is 0 Å². The molecule has 0 unspecified atom stereocenters. The lowest BCUT2D eigenvalue weighted by molar-refractivity contribution is -0.117. The number of carbonyl (C=O) groups excluding carboxylic acids is 1. The molecule has 1 aromatic rings. The average molecular weight is 332 g/mol. The van der Waals surface area contributed by atoms with Crippen LogP contribution >= 0.6 is 23.2 Å². The first-order valence-corrected chi connectivity index (χ1v) is 7.51. The number of amides is 1. The second-order valence-electron chi connectivity index (χ2n) is 5.60. The van der Waals surface area contributed by atoms with E-state index < -0.39 is 0 Å². The molecule has 1 saturated carbocycles. The Hall–Kier alpha value is -1.01. The van der Waals surface area contributed by atoms with Crippen LogP contribution in [0.2, 0.25) is 10.0 Å². The zero-order chi connectivity index (χ0) is 15.6. The summed E-state index contributed by atoms with van der Waals surface area (Å²) >= 11 is 12.1. The molecule has 0 aromatic heterocycles. The zero-order valence-electron chi connectivity index (χ0n) is 11.8. The molecule has 4 N–H and O–H groups in total. The number of nitrogen functional groups attached to an aromatic ring is 1. The Balaban J connectivity index is 1.87. The van der Waals surface area contributed by atoms with E-state index >= 15 is 0 Å². The van der Waals surface area contributed by atoms with E-state index in [1.807, 2.05) is 11.9 Å². The number of hydrogen-bond acceptors (Lipinski definition) is 4. The normalized spacial score (nSPS) is 21.2. The Morgan fingerprint density at radius 3 is 2.52 bits per heavy atom. The maximum atomic E-state index is 12.0. The van der Waals surface area contributed by atoms with Crippen molar-refractivity contribution in [3.05, 3.63) is 22.2 Å². The molecular formula is C14H19Cl2N3O2. The number of nitrogens with one attached hydrogen (secondary N) is 1. The summed E-state index contributed by atoms with van der Waals surface area (Å²) < 4.78 is 0. The number of aliphatic hydroxyl groups excluding tert-OH is 1. The van der Waals surface area contributed by atoms with Crippen LogP contribution in [0.5, 0.6) is 0 Å². The summed E-state index contributed by atoms with van der Waals surface area (Å²) in [5, 5.41) is 12.6. The minimum absolute atomic E-state index is 0.176. The van der Waals surface area contributed by atoms with Crippen molar-refractivity contribution < 1.29 is 9.90 Å². The third-order valence-corrected chi connectivity index (χ3v) is 4.12. The number of hydrogen-bond donors (Lipinski definition) is 3. The van der Waals surface area contributed by atoms with Gasteiger partial charge in [0.15, 0.2) is 0 Å². The molecule has 1 amide bonds. The van der Waals surface area contributed by atoms with Crippen LogP contribution in [0.1, 0.15) is 12.8 Å². The monoisotopic (exact) mass is 331 g/mol. The van der Waals surface area contributed by atoms with Gasteiger partial charge in [-0.2, -0.15) is 0 Å². The number of rotatable bonds is 5. The summed E-state index contributed by atoms with van der Waals surface area (Å²) in [6, 6.07) is 3.09. The van der Waals surface area contributed by atoms with Gasteiger partial charge in [0.2, 0.25) is 5.91 Å². The van der Waals surface area contributed by atoms with Crippen molar-refractivity contribution in [2.24, 2.45) is 5.92 Å². The first-order valence-electron chi connectivity index (χ1n) is 6.76. The van der Waals surface area contributed by atoms with Crippen LogP contribution in [-0.2, 0) is 4.79 Å². The van der Waals surface area contributed by atoms with E-state index in [4.69, 9.17) is 28.9 Å². The fraction of sp³-hybridized carbons (Fsp3) is 0.500. The molecule has 0 heterocycles. The molecule has 1 aliphatic rings. The van der Waals surface area contributed by atoms with Gasteiger partial charge in [-0.25, -0.2) is 0 Å². The fourth-order valence-corrected chi connectivity index (χ4v) is 3.09. The van der Waals surface area contributed by atoms with E-state index in [0.717, 1.165) is 19.4 Å². The van der Waals surface area contributed by atoms with Crippen LogP contribution in [0, 0.1) is 5.92 Å². The van der Waals surface area contributed by atoms with Crippen molar-refractivity contribution in [3.8, 4) is 0 Å². The minimum Gasteiger partial charge on any atom is -0.399 e. The molecule has 7 heteroatoms. The Labute approximate surface area is 134 Å². The van der Waals surface area contributed by atoms with Crippen molar-refractivity contribution in [1.29, 1.82) is 0 Å². The second kappa shape index (κ2) is 6.83. The Bertz CT molecular complexity index is 510. The van der Waals surface area contributed by atoms with Crippen molar-refractivity contribution in [2.45, 2.75) is 18.9 Å². The van der Waals surface area contributed by atoms with Crippen LogP contribution in [0.3, 0.4) is 0 Å². The van der Waals surface area contributed by atoms with Gasteiger partial charge in [0.05, 0.1) is 28.4 Å². The smallest absolute Gasteiger partial charge is 0.238 e. The summed E-state index contributed by atoms with van der Waals surface area (Å²) in [4.78, 5) is 13.9. The number of anilines is 2. The van der Waals surface area contributed by atoms with E-state index in [2.05, 4.69) is 5.32 Å². The van der Waals surface area contributed by atoms with Gasteiger partial charge in [-0.3, -0.25) is 9.69 Å². The highest BCUT2D eigenvalue weighted by Gasteiger charge is 2.28. The Kier molecular flexibility index (Phi) is 5.32. The molecule has 2 rings (SSSR count). The molecule has 5 nitrogen and oxygen atoms in total. The Morgan fingerprint density at radius 2 is 2.00 bits per heavy atom. The lowest BCUT2D eigenvalue weighted by Gasteiger charge is -2.34. The maximum absolute atomic E-state index is 12.0. The molecule has 0 bridgehead atoms. The highest BCUT2D eigenvalue weighted by atomic mass is 35.5. The second-order valence-corrected chi connectivity index (χ2v) is 6.41. The quantitative estimate of drug-likeness (QED) is 0.723. The van der Waals surface area contributed by atoms with Gasteiger partial charge < -0.3 is 16.2 Å². The third-order valence-electron chi connectivity index (χ3n) is 3.52. The molecular weight excluding hydrogens is 313 g/mol. The van der Waals surface area contributed by atoms with Gasteiger partial charge in [-0.1, -0.05) is 23.2 Å². The molecule has 0 saturated heterocycles. The molecule has 21 heavy (non-hydrogen) atoms. The molecule has 1 aromatic carbocycles. The fourth-order valence-electron chi connectivity index (χ4n) is 2.49. The summed E-state index contributed by atoms with van der Waals surface area (Å²) in [5.74, 6) is 0.271. The molecule has 0 aliphatic heterocycles. The molecule has 0 radical (unpaired) electrons. The number of nitrogens with zero attached hydrogens (tertiary/aromatic N) is 1. The van der Waals surface area contributed by atoms with Gasteiger partial charge in [-0.15, -0.1) is 0 Å². The topological polar surface area (TPSA) is 78.6 Å². The van der Waals surface area contributed by atoms with Gasteiger partial charge in [0, 0.05) is 12.2 Å². The number of nitrogens with two attached hydrogens (primary N) is 1. The summed E-state index contributed by atoms with van der Waals surface area (Å²) in [6.07, 6.45) is 1.44. The highest BCUT2D eigenvalue weighted by Crippen LogP contribution is 2.32. The van der Waals surface area contributed by atoms with Gasteiger partial charge in [0.1, 0.15) is 0 Å². The van der Waals surface area contributed by atoms with E-state index in [1.54, 1.807) is 12.1 Å². The standard InChI is InChI=1S/C14H19Cl2N3O2/c1-19(6-8-2-10(20)3-8)7-13(21)18-14-11(15)4-9(17)5-12(14)16/h4-5,8,10,20H,2-3,6-7,17H2,1H3,(H,18,21). The van der Waals surface area contributed by atoms with Crippen LogP contribution in [-0.4, -0.2) is 42.2 Å². The molecule has 1 aliphatic carbocycles. The maximum Gasteiger partial charge on any atom is 0.238 e. The largest absolute Gasteiger partial charge is 0.399 e. The molecule has 1 fully saturated rings. The highest BCUT2D eigenvalue weighted by molar-refractivity contribution is 6.40. The average Bonchev–Trinajstić information content (AvgIpc) is 2.31. The summed E-state index contributed by atoms with van der Waals surface area (Å²) in [7, 11) is 1.87. The zero-order valence-corrected chi connectivity index (χ0v) is 13.3. The van der Waals surface area contributed by atoms with Crippen LogP contribution < -0.4 is 11.1 Å². The Morgan fingerprint density at radius 1 is 1.43 bits per heavy atom. The summed E-state index contributed by atoms with van der Waals surface area (Å²) in [6.45, 7) is 1.03. The number of carbonyl (C=O) groups is 1. The first kappa shape index (κ1) is 16.4. The van der Waals surface area contributed by atoms with Crippen molar-refractivity contribution in [3.63, 3.8) is 0 Å². The van der Waals surface area contributed by atoms with Crippen LogP contribution in [0.25, 0.3) is 0 Å². The first-order chi connectivity index (χ1) is 9.85. The molecule has 0 atom stereocenters. The van der Waals surface area contributed by atoms with E-state index in [0.29, 0.717) is 27.3 Å². The van der Waals surface area contributed by atoms with E-state index in [9.17, 15) is 9.90 Å². The van der Waals surface area contributed by atoms with Gasteiger partial charge in [-0.05, 0) is 37.9 Å². The SMILES string of the molecule is CN(CC(=O)Nc1c(Cl)cc(N)cc1Cl)CC1CC(O)C1. The van der Waals surface area contributed by atoms with Crippen molar-refractivity contribution in [1.82, 2.24) is 4.90 Å². The molecule has 0 spiro atoms. The predicted octanol–water partition coefficient (Wildman–Crippen LogP) is 2.22. The number of likely N-dealkylation sites (N-methyl/N-ethyl adjacent to an activating group) is 1. The third kappa shape index (κ3) is 4.48. The molecule has 116 valence electrons. The van der Waals surface area contributed by atoms with Crippen molar-refractivity contribution >= 4 is 40.5 Å². The van der Waals surface area contributed by atoms with Crippen LogP contribution in [0.4, 0.5) is 11.4 Å². The van der Waals surface area contributed by atoms with Crippen molar-refractivity contribution in [2.75, 3.05) is 31.2 Å². The van der Waals surface area contributed by atoms with E-state index in [-0.39, 0.29) is 18.6 Å².